The lowest BCUT2D eigenvalue weighted by Gasteiger charge is -2.15. The summed E-state index contributed by atoms with van der Waals surface area (Å²) in [6, 6.07) is 1.03. The summed E-state index contributed by atoms with van der Waals surface area (Å²) in [5, 5.41) is 17.7. The summed E-state index contributed by atoms with van der Waals surface area (Å²) >= 11 is 0. The van der Waals surface area contributed by atoms with Crippen molar-refractivity contribution in [2.75, 3.05) is 20.3 Å². The second-order valence-electron chi connectivity index (χ2n) is 3.11. The van der Waals surface area contributed by atoms with Crippen LogP contribution >= 0.6 is 0 Å². The summed E-state index contributed by atoms with van der Waals surface area (Å²) < 4.78 is 5.89. The van der Waals surface area contributed by atoms with Crippen LogP contribution in [0.3, 0.4) is 0 Å². The van der Waals surface area contributed by atoms with Crippen LogP contribution in [-0.2, 0) is 4.74 Å². The SMILES string of the molecule is COCC(CO)n1cc(C#N)c(=O)[nH]c1=O. The monoisotopic (exact) mass is 225 g/mol. The van der Waals surface area contributed by atoms with Gasteiger partial charge >= 0.3 is 5.69 Å². The zero-order valence-electron chi connectivity index (χ0n) is 8.64. The summed E-state index contributed by atoms with van der Waals surface area (Å²) in [7, 11) is 1.42. The van der Waals surface area contributed by atoms with Crippen LogP contribution in [0.15, 0.2) is 15.8 Å². The minimum absolute atomic E-state index is 0.104. The van der Waals surface area contributed by atoms with E-state index in [9.17, 15) is 9.59 Å². The fourth-order valence-corrected chi connectivity index (χ4v) is 1.25. The van der Waals surface area contributed by atoms with Crippen molar-refractivity contribution in [2.24, 2.45) is 0 Å². The first-order valence-corrected chi connectivity index (χ1v) is 4.49. The lowest BCUT2D eigenvalue weighted by molar-refractivity contribution is 0.112. The highest BCUT2D eigenvalue weighted by atomic mass is 16.5. The number of nitrogens with zero attached hydrogens (tertiary/aromatic N) is 2. The van der Waals surface area contributed by atoms with Crippen molar-refractivity contribution in [3.05, 3.63) is 32.6 Å². The van der Waals surface area contributed by atoms with Gasteiger partial charge in [0, 0.05) is 13.3 Å². The molecule has 86 valence electrons. The maximum absolute atomic E-state index is 11.4. The van der Waals surface area contributed by atoms with Gasteiger partial charge in [0.25, 0.3) is 5.56 Å². The predicted octanol–water partition coefficient (Wildman–Crippen LogP) is -1.41. The molecule has 7 heteroatoms. The highest BCUT2D eigenvalue weighted by Crippen LogP contribution is 2.01. The van der Waals surface area contributed by atoms with E-state index in [-0.39, 0.29) is 18.8 Å². The highest BCUT2D eigenvalue weighted by molar-refractivity contribution is 5.21. The molecule has 1 aromatic heterocycles. The molecule has 0 fully saturated rings. The molecule has 0 saturated carbocycles. The number of nitrogens with one attached hydrogen (secondary N) is 1. The van der Waals surface area contributed by atoms with E-state index in [1.54, 1.807) is 6.07 Å². The molecular formula is C9H11N3O4. The van der Waals surface area contributed by atoms with Crippen LogP contribution in [0.2, 0.25) is 0 Å². The zero-order valence-corrected chi connectivity index (χ0v) is 8.64. The lowest BCUT2D eigenvalue weighted by atomic mass is 10.3. The molecule has 0 aliphatic heterocycles. The molecule has 2 N–H and O–H groups in total. The number of rotatable bonds is 4. The number of aromatic amines is 1. The number of nitriles is 1. The van der Waals surface area contributed by atoms with Gasteiger partial charge in [-0.25, -0.2) is 4.79 Å². The van der Waals surface area contributed by atoms with Gasteiger partial charge in [0.1, 0.15) is 11.6 Å². The van der Waals surface area contributed by atoms with Gasteiger partial charge in [-0.15, -0.1) is 0 Å². The second-order valence-corrected chi connectivity index (χ2v) is 3.11. The molecular weight excluding hydrogens is 214 g/mol. The van der Waals surface area contributed by atoms with Crippen LogP contribution in [0, 0.1) is 11.3 Å². The van der Waals surface area contributed by atoms with Crippen molar-refractivity contribution in [1.82, 2.24) is 9.55 Å². The van der Waals surface area contributed by atoms with Crippen LogP contribution < -0.4 is 11.2 Å². The Morgan fingerprint density at radius 1 is 1.69 bits per heavy atom. The summed E-state index contributed by atoms with van der Waals surface area (Å²) in [6.07, 6.45) is 1.11. The fourth-order valence-electron chi connectivity index (χ4n) is 1.25. The molecule has 0 bridgehead atoms. The Hall–Kier alpha value is -1.91. The molecule has 1 rings (SSSR count). The molecule has 1 aromatic rings. The number of hydrogen-bond acceptors (Lipinski definition) is 5. The quantitative estimate of drug-likeness (QED) is 0.654. The maximum atomic E-state index is 11.4. The molecule has 0 aliphatic rings. The van der Waals surface area contributed by atoms with E-state index in [1.165, 1.54) is 7.11 Å². The normalized spacial score (nSPS) is 12.1. The lowest BCUT2D eigenvalue weighted by Crippen LogP contribution is -2.36. The van der Waals surface area contributed by atoms with E-state index in [0.29, 0.717) is 0 Å². The van der Waals surface area contributed by atoms with Gasteiger partial charge in [-0.2, -0.15) is 5.26 Å². The van der Waals surface area contributed by atoms with Crippen molar-refractivity contribution in [1.29, 1.82) is 5.26 Å². The number of methoxy groups -OCH3 is 1. The Bertz CT molecular complexity index is 511. The van der Waals surface area contributed by atoms with E-state index >= 15 is 0 Å². The summed E-state index contributed by atoms with van der Waals surface area (Å²) in [4.78, 5) is 24.5. The van der Waals surface area contributed by atoms with Gasteiger partial charge < -0.3 is 9.84 Å². The maximum Gasteiger partial charge on any atom is 0.328 e. The third kappa shape index (κ3) is 2.36. The molecule has 0 radical (unpaired) electrons. The first-order chi connectivity index (χ1) is 7.63. The van der Waals surface area contributed by atoms with Crippen LogP contribution in [-0.4, -0.2) is 35.0 Å². The Morgan fingerprint density at radius 3 is 2.88 bits per heavy atom. The summed E-state index contributed by atoms with van der Waals surface area (Å²) in [5.41, 5.74) is -1.60. The minimum atomic E-state index is -0.738. The van der Waals surface area contributed by atoms with Crippen LogP contribution in [0.4, 0.5) is 0 Å². The molecule has 0 amide bonds. The van der Waals surface area contributed by atoms with Crippen LogP contribution in [0.25, 0.3) is 0 Å². The topological polar surface area (TPSA) is 108 Å². The minimum Gasteiger partial charge on any atom is -0.394 e. The van der Waals surface area contributed by atoms with Gasteiger partial charge in [0.2, 0.25) is 0 Å². The summed E-state index contributed by atoms with van der Waals surface area (Å²) in [5.74, 6) is 0. The molecule has 0 saturated heterocycles. The Balaban J connectivity index is 3.28. The molecule has 1 unspecified atom stereocenters. The Kier molecular flexibility index (Phi) is 3.99. The van der Waals surface area contributed by atoms with Crippen molar-refractivity contribution in [2.45, 2.75) is 6.04 Å². The van der Waals surface area contributed by atoms with Crippen LogP contribution in [0.5, 0.6) is 0 Å². The van der Waals surface area contributed by atoms with Gasteiger partial charge in [-0.05, 0) is 0 Å². The van der Waals surface area contributed by atoms with Crippen molar-refractivity contribution < 1.29 is 9.84 Å². The van der Waals surface area contributed by atoms with Gasteiger partial charge in [-0.3, -0.25) is 14.3 Å². The number of aromatic nitrogens is 2. The third-order valence-corrected chi connectivity index (χ3v) is 2.05. The molecule has 0 spiro atoms. The third-order valence-electron chi connectivity index (χ3n) is 2.05. The number of hydrogen-bond donors (Lipinski definition) is 2. The zero-order chi connectivity index (χ0) is 12.1. The van der Waals surface area contributed by atoms with E-state index in [0.717, 1.165) is 10.8 Å². The van der Waals surface area contributed by atoms with Crippen molar-refractivity contribution >= 4 is 0 Å². The molecule has 1 heterocycles. The van der Waals surface area contributed by atoms with Crippen molar-refractivity contribution in [3.63, 3.8) is 0 Å². The van der Waals surface area contributed by atoms with E-state index in [2.05, 4.69) is 0 Å². The van der Waals surface area contributed by atoms with E-state index in [4.69, 9.17) is 15.1 Å². The first kappa shape index (κ1) is 12.2. The molecule has 1 atom stereocenters. The Labute approximate surface area is 90.5 Å². The summed E-state index contributed by atoms with van der Waals surface area (Å²) in [6.45, 7) is -0.224. The fraction of sp³-hybridized carbons (Fsp3) is 0.444. The molecule has 16 heavy (non-hydrogen) atoms. The smallest absolute Gasteiger partial charge is 0.328 e. The van der Waals surface area contributed by atoms with E-state index < -0.39 is 17.3 Å². The average Bonchev–Trinajstić information content (AvgIpc) is 2.27. The predicted molar refractivity (Wildman–Crippen MR) is 54.0 cm³/mol. The van der Waals surface area contributed by atoms with Gasteiger partial charge in [0.15, 0.2) is 0 Å². The molecule has 0 aliphatic carbocycles. The highest BCUT2D eigenvalue weighted by Gasteiger charge is 2.13. The average molecular weight is 225 g/mol. The van der Waals surface area contributed by atoms with E-state index in [1.807, 2.05) is 4.98 Å². The number of aliphatic hydroxyl groups excluding tert-OH is 1. The second kappa shape index (κ2) is 5.25. The number of ether oxygens (including phenoxy) is 1. The molecule has 7 nitrogen and oxygen atoms in total. The molecule has 0 aromatic carbocycles. The first-order valence-electron chi connectivity index (χ1n) is 4.49. The number of aliphatic hydroxyl groups is 1. The number of H-pyrrole nitrogens is 1. The van der Waals surface area contributed by atoms with Gasteiger partial charge in [-0.1, -0.05) is 0 Å². The largest absolute Gasteiger partial charge is 0.394 e. The standard InChI is InChI=1S/C9H11N3O4/c1-16-5-7(4-13)12-3-6(2-10)8(14)11-9(12)15/h3,7,13H,4-5H2,1H3,(H,11,14,15). The van der Waals surface area contributed by atoms with Gasteiger partial charge in [0.05, 0.1) is 19.3 Å². The Morgan fingerprint density at radius 2 is 2.38 bits per heavy atom. The van der Waals surface area contributed by atoms with Crippen molar-refractivity contribution in [3.8, 4) is 6.07 Å². The van der Waals surface area contributed by atoms with Crippen LogP contribution in [0.1, 0.15) is 11.6 Å².